The van der Waals surface area contributed by atoms with Crippen molar-refractivity contribution in [2.75, 3.05) is 26.7 Å². The summed E-state index contributed by atoms with van der Waals surface area (Å²) in [6, 6.07) is 0. The van der Waals surface area contributed by atoms with E-state index in [9.17, 15) is 14.4 Å². The molecule has 0 rings (SSSR count). The summed E-state index contributed by atoms with van der Waals surface area (Å²) in [5.41, 5.74) is 0. The number of hydrogen-bond acceptors (Lipinski definition) is 4. The van der Waals surface area contributed by atoms with Crippen LogP contribution in [0.1, 0.15) is 26.2 Å². The molecule has 0 aliphatic heterocycles. The lowest BCUT2D eigenvalue weighted by Crippen LogP contribution is -2.32. The monoisotopic (exact) mass is 243 g/mol. The zero-order valence-electron chi connectivity index (χ0n) is 10.5. The van der Waals surface area contributed by atoms with E-state index in [-0.39, 0.29) is 24.0 Å². The molecule has 98 valence electrons. The van der Waals surface area contributed by atoms with Crippen molar-refractivity contribution in [3.8, 4) is 0 Å². The molecule has 2 amide bonds. The Kier molecular flexibility index (Phi) is 8.95. The summed E-state index contributed by atoms with van der Waals surface area (Å²) < 4.78 is 0. The summed E-state index contributed by atoms with van der Waals surface area (Å²) in [4.78, 5) is 33.0. The number of carbonyl (C=O) groups excluding carboxylic acids is 3. The van der Waals surface area contributed by atoms with E-state index in [1.807, 2.05) is 0 Å². The Morgan fingerprint density at radius 1 is 0.824 bits per heavy atom. The number of hydrogen-bond donors (Lipinski definition) is 3. The van der Waals surface area contributed by atoms with Crippen LogP contribution in [0.3, 0.4) is 0 Å². The molecule has 0 unspecified atom stereocenters. The van der Waals surface area contributed by atoms with Gasteiger partial charge in [0.25, 0.3) is 0 Å². The van der Waals surface area contributed by atoms with Gasteiger partial charge in [0.05, 0.1) is 0 Å². The normalized spacial score (nSPS) is 9.76. The van der Waals surface area contributed by atoms with Gasteiger partial charge in [-0.05, 0) is 14.0 Å². The molecule has 3 N–H and O–H groups in total. The van der Waals surface area contributed by atoms with Gasteiger partial charge in [0.2, 0.25) is 11.8 Å². The molecule has 0 aromatic heterocycles. The van der Waals surface area contributed by atoms with Crippen LogP contribution in [-0.4, -0.2) is 44.3 Å². The molecule has 0 atom stereocenters. The molecule has 0 radical (unpaired) electrons. The first-order valence-corrected chi connectivity index (χ1v) is 5.73. The number of ketones is 1. The Balaban J connectivity index is 3.44. The van der Waals surface area contributed by atoms with Crippen LogP contribution in [0.4, 0.5) is 0 Å². The molecule has 6 nitrogen and oxygen atoms in total. The first-order valence-electron chi connectivity index (χ1n) is 5.73. The molecule has 6 heteroatoms. The number of nitrogens with one attached hydrogen (secondary N) is 3. The predicted molar refractivity (Wildman–Crippen MR) is 64.5 cm³/mol. The fourth-order valence-electron chi connectivity index (χ4n) is 1.11. The summed E-state index contributed by atoms with van der Waals surface area (Å²) >= 11 is 0. The second-order valence-corrected chi connectivity index (χ2v) is 3.76. The summed E-state index contributed by atoms with van der Waals surface area (Å²) in [7, 11) is 1.77. The minimum absolute atomic E-state index is 0.0469. The highest BCUT2D eigenvalue weighted by Gasteiger charge is 2.03. The van der Waals surface area contributed by atoms with Crippen LogP contribution >= 0.6 is 0 Å². The van der Waals surface area contributed by atoms with E-state index in [0.717, 1.165) is 0 Å². The lowest BCUT2D eigenvalue weighted by Gasteiger charge is -2.05. The highest BCUT2D eigenvalue weighted by molar-refractivity contribution is 5.80. The highest BCUT2D eigenvalue weighted by Crippen LogP contribution is 1.83. The van der Waals surface area contributed by atoms with E-state index in [0.29, 0.717) is 32.5 Å². The maximum absolute atomic E-state index is 11.2. The number of carbonyl (C=O) groups is 3. The Hall–Kier alpha value is -1.43. The SMILES string of the molecule is CNCCC(=O)NCCC(=O)NCCC(C)=O. The lowest BCUT2D eigenvalue weighted by molar-refractivity contribution is -0.122. The molecule has 0 aliphatic carbocycles. The van der Waals surface area contributed by atoms with Crippen molar-refractivity contribution in [2.24, 2.45) is 0 Å². The van der Waals surface area contributed by atoms with Crippen molar-refractivity contribution in [3.05, 3.63) is 0 Å². The Bertz CT molecular complexity index is 267. The van der Waals surface area contributed by atoms with E-state index >= 15 is 0 Å². The Labute approximate surface area is 102 Å². The first kappa shape index (κ1) is 15.6. The third-order valence-electron chi connectivity index (χ3n) is 2.08. The molecule has 0 aromatic rings. The van der Waals surface area contributed by atoms with E-state index in [2.05, 4.69) is 16.0 Å². The Morgan fingerprint density at radius 3 is 1.76 bits per heavy atom. The molecule has 0 spiro atoms. The quantitative estimate of drug-likeness (QED) is 0.494. The van der Waals surface area contributed by atoms with Crippen molar-refractivity contribution in [1.29, 1.82) is 0 Å². The molecular weight excluding hydrogens is 222 g/mol. The van der Waals surface area contributed by atoms with Gasteiger partial charge in [0.15, 0.2) is 0 Å². The smallest absolute Gasteiger partial charge is 0.221 e. The van der Waals surface area contributed by atoms with Crippen molar-refractivity contribution < 1.29 is 14.4 Å². The number of Topliss-reactive ketones (excluding diaryl/α,β-unsaturated/α-hetero) is 1. The van der Waals surface area contributed by atoms with Crippen LogP contribution in [0.2, 0.25) is 0 Å². The van der Waals surface area contributed by atoms with Gasteiger partial charge in [-0.3, -0.25) is 14.4 Å². The van der Waals surface area contributed by atoms with Crippen molar-refractivity contribution >= 4 is 17.6 Å². The summed E-state index contributed by atoms with van der Waals surface area (Å²) in [5, 5.41) is 8.11. The molecule has 0 heterocycles. The van der Waals surface area contributed by atoms with Gasteiger partial charge >= 0.3 is 0 Å². The molecule has 0 aliphatic rings. The zero-order valence-corrected chi connectivity index (χ0v) is 10.5. The third kappa shape index (κ3) is 10.8. The zero-order chi connectivity index (χ0) is 13.1. The molecular formula is C11H21N3O3. The van der Waals surface area contributed by atoms with Gasteiger partial charge in [-0.15, -0.1) is 0 Å². The standard InChI is InChI=1S/C11H21N3O3/c1-9(15)3-7-13-11(17)5-8-14-10(16)4-6-12-2/h12H,3-8H2,1-2H3,(H,13,17)(H,14,16). The average Bonchev–Trinajstić information content (AvgIpc) is 2.25. The molecule has 17 heavy (non-hydrogen) atoms. The first-order chi connectivity index (χ1) is 8.06. The number of amides is 2. The van der Waals surface area contributed by atoms with Crippen molar-refractivity contribution in [3.63, 3.8) is 0 Å². The van der Waals surface area contributed by atoms with Crippen LogP contribution in [0.25, 0.3) is 0 Å². The van der Waals surface area contributed by atoms with Gasteiger partial charge in [-0.2, -0.15) is 0 Å². The van der Waals surface area contributed by atoms with Gasteiger partial charge in [0, 0.05) is 38.9 Å². The van der Waals surface area contributed by atoms with Gasteiger partial charge in [0.1, 0.15) is 5.78 Å². The molecule has 0 bridgehead atoms. The predicted octanol–water partition coefficient (Wildman–Crippen LogP) is -0.802. The van der Waals surface area contributed by atoms with Crippen LogP contribution in [0.15, 0.2) is 0 Å². The van der Waals surface area contributed by atoms with Crippen LogP contribution in [0, 0.1) is 0 Å². The molecule has 0 saturated heterocycles. The van der Waals surface area contributed by atoms with Crippen molar-refractivity contribution in [1.82, 2.24) is 16.0 Å². The highest BCUT2D eigenvalue weighted by atomic mass is 16.2. The summed E-state index contributed by atoms with van der Waals surface area (Å²) in [6.45, 7) is 2.79. The topological polar surface area (TPSA) is 87.3 Å². The maximum atomic E-state index is 11.2. The van der Waals surface area contributed by atoms with E-state index in [1.165, 1.54) is 6.92 Å². The second kappa shape index (κ2) is 9.77. The minimum Gasteiger partial charge on any atom is -0.356 e. The molecule has 0 fully saturated rings. The molecule has 0 aromatic carbocycles. The minimum atomic E-state index is -0.153. The molecule has 0 saturated carbocycles. The van der Waals surface area contributed by atoms with E-state index in [1.54, 1.807) is 7.05 Å². The van der Waals surface area contributed by atoms with Crippen LogP contribution < -0.4 is 16.0 Å². The largest absolute Gasteiger partial charge is 0.356 e. The van der Waals surface area contributed by atoms with Crippen LogP contribution in [0.5, 0.6) is 0 Å². The maximum Gasteiger partial charge on any atom is 0.221 e. The summed E-state index contributed by atoms with van der Waals surface area (Å²) in [6.07, 6.45) is 0.992. The van der Waals surface area contributed by atoms with E-state index < -0.39 is 0 Å². The Morgan fingerprint density at radius 2 is 1.29 bits per heavy atom. The van der Waals surface area contributed by atoms with Crippen molar-refractivity contribution in [2.45, 2.75) is 26.2 Å². The average molecular weight is 243 g/mol. The van der Waals surface area contributed by atoms with Gasteiger partial charge < -0.3 is 16.0 Å². The fraction of sp³-hybridized carbons (Fsp3) is 0.727. The summed E-state index contributed by atoms with van der Waals surface area (Å²) in [5.74, 6) is -0.179. The van der Waals surface area contributed by atoms with Gasteiger partial charge in [-0.1, -0.05) is 0 Å². The van der Waals surface area contributed by atoms with Crippen LogP contribution in [-0.2, 0) is 14.4 Å². The third-order valence-corrected chi connectivity index (χ3v) is 2.08. The van der Waals surface area contributed by atoms with E-state index in [4.69, 9.17) is 0 Å². The second-order valence-electron chi connectivity index (χ2n) is 3.76. The number of rotatable bonds is 9. The van der Waals surface area contributed by atoms with Gasteiger partial charge in [-0.25, -0.2) is 0 Å². The fourth-order valence-corrected chi connectivity index (χ4v) is 1.11. The lowest BCUT2D eigenvalue weighted by atomic mass is 10.3.